The van der Waals surface area contributed by atoms with E-state index < -0.39 is 0 Å². The van der Waals surface area contributed by atoms with Gasteiger partial charge in [-0.05, 0) is 6.92 Å². The maximum atomic E-state index is 12.8. The second-order valence-electron chi connectivity index (χ2n) is 5.83. The molecule has 8 nitrogen and oxygen atoms in total. The van der Waals surface area contributed by atoms with E-state index in [-0.39, 0.29) is 5.91 Å². The molecule has 0 atom stereocenters. The summed E-state index contributed by atoms with van der Waals surface area (Å²) < 4.78 is 6.43. The van der Waals surface area contributed by atoms with Gasteiger partial charge in [-0.2, -0.15) is 5.10 Å². The molecule has 1 fully saturated rings. The van der Waals surface area contributed by atoms with Crippen LogP contribution in [0.5, 0.6) is 0 Å². The van der Waals surface area contributed by atoms with Crippen molar-refractivity contribution in [2.45, 2.75) is 13.5 Å². The summed E-state index contributed by atoms with van der Waals surface area (Å²) in [5.41, 5.74) is 2.66. The third kappa shape index (κ3) is 3.28. The molecule has 10 heteroatoms. The SMILES string of the molecule is Cc1nc2[nH]c(C(=O)Nc3cn[nH]c3Cl)c(CN3CCOCC3)c2s1. The first-order chi connectivity index (χ1) is 12.1. The van der Waals surface area contributed by atoms with Gasteiger partial charge in [-0.25, -0.2) is 4.98 Å². The highest BCUT2D eigenvalue weighted by Gasteiger charge is 2.24. The zero-order valence-corrected chi connectivity index (χ0v) is 15.1. The third-order valence-electron chi connectivity index (χ3n) is 4.11. The Hall–Kier alpha value is -1.94. The number of carbonyl (C=O) groups excluding carboxylic acids is 1. The van der Waals surface area contributed by atoms with Crippen molar-refractivity contribution in [3.63, 3.8) is 0 Å². The summed E-state index contributed by atoms with van der Waals surface area (Å²) in [7, 11) is 0. The van der Waals surface area contributed by atoms with Crippen LogP contribution in [0.3, 0.4) is 0 Å². The molecular weight excluding hydrogens is 364 g/mol. The van der Waals surface area contributed by atoms with E-state index in [2.05, 4.69) is 30.4 Å². The monoisotopic (exact) mass is 380 g/mol. The smallest absolute Gasteiger partial charge is 0.272 e. The molecule has 0 saturated carbocycles. The van der Waals surface area contributed by atoms with Crippen LogP contribution in [0.2, 0.25) is 5.15 Å². The Morgan fingerprint density at radius 2 is 2.28 bits per heavy atom. The Bertz CT molecular complexity index is 911. The Morgan fingerprint density at radius 1 is 1.48 bits per heavy atom. The lowest BCUT2D eigenvalue weighted by atomic mass is 10.2. The molecule has 25 heavy (non-hydrogen) atoms. The number of nitrogens with one attached hydrogen (secondary N) is 3. The number of aromatic amines is 2. The summed E-state index contributed by atoms with van der Waals surface area (Å²) in [5, 5.41) is 10.5. The van der Waals surface area contributed by atoms with E-state index in [0.717, 1.165) is 34.0 Å². The van der Waals surface area contributed by atoms with Gasteiger partial charge in [0.05, 0.1) is 34.8 Å². The number of H-pyrrole nitrogens is 2. The zero-order valence-electron chi connectivity index (χ0n) is 13.6. The average molecular weight is 381 g/mol. The molecule has 1 amide bonds. The summed E-state index contributed by atoms with van der Waals surface area (Å²) in [6, 6.07) is 0. The second kappa shape index (κ2) is 6.75. The number of nitrogens with zero attached hydrogens (tertiary/aromatic N) is 3. The van der Waals surface area contributed by atoms with E-state index in [1.807, 2.05) is 6.92 Å². The van der Waals surface area contributed by atoms with Crippen LogP contribution in [0, 0.1) is 6.92 Å². The number of rotatable bonds is 4. The molecule has 0 unspecified atom stereocenters. The van der Waals surface area contributed by atoms with Gasteiger partial charge < -0.3 is 15.0 Å². The Kier molecular flexibility index (Phi) is 4.46. The van der Waals surface area contributed by atoms with Crippen molar-refractivity contribution in [2.24, 2.45) is 0 Å². The summed E-state index contributed by atoms with van der Waals surface area (Å²) >= 11 is 7.56. The number of ether oxygens (including phenoxy) is 1. The van der Waals surface area contributed by atoms with E-state index in [9.17, 15) is 4.79 Å². The molecule has 0 spiro atoms. The molecule has 4 rings (SSSR count). The fraction of sp³-hybridized carbons (Fsp3) is 0.400. The Morgan fingerprint density at radius 3 is 3.00 bits per heavy atom. The topological polar surface area (TPSA) is 98.9 Å². The second-order valence-corrected chi connectivity index (χ2v) is 7.41. The fourth-order valence-corrected chi connectivity index (χ4v) is 3.95. The van der Waals surface area contributed by atoms with Gasteiger partial charge in [-0.3, -0.25) is 14.8 Å². The first-order valence-electron chi connectivity index (χ1n) is 7.90. The van der Waals surface area contributed by atoms with Crippen LogP contribution >= 0.6 is 22.9 Å². The van der Waals surface area contributed by atoms with Gasteiger partial charge in [0, 0.05) is 25.2 Å². The van der Waals surface area contributed by atoms with Crippen molar-refractivity contribution in [2.75, 3.05) is 31.6 Å². The van der Waals surface area contributed by atoms with E-state index >= 15 is 0 Å². The summed E-state index contributed by atoms with van der Waals surface area (Å²) in [6.07, 6.45) is 1.48. The molecule has 1 aliphatic rings. The highest BCUT2D eigenvalue weighted by Crippen LogP contribution is 2.30. The van der Waals surface area contributed by atoms with Crippen LogP contribution in [0.25, 0.3) is 10.3 Å². The number of thiazole rings is 1. The van der Waals surface area contributed by atoms with Crippen LogP contribution in [0.15, 0.2) is 6.20 Å². The van der Waals surface area contributed by atoms with Crippen molar-refractivity contribution < 1.29 is 9.53 Å². The van der Waals surface area contributed by atoms with E-state index in [1.54, 1.807) is 11.3 Å². The fourth-order valence-electron chi connectivity index (χ4n) is 2.89. The Labute approximate surface area is 152 Å². The molecule has 0 bridgehead atoms. The van der Waals surface area contributed by atoms with Gasteiger partial charge in [0.2, 0.25) is 0 Å². The molecule has 0 aliphatic carbocycles. The number of carbonyl (C=O) groups is 1. The van der Waals surface area contributed by atoms with E-state index in [1.165, 1.54) is 6.20 Å². The largest absolute Gasteiger partial charge is 0.379 e. The van der Waals surface area contributed by atoms with Crippen LogP contribution in [-0.2, 0) is 11.3 Å². The van der Waals surface area contributed by atoms with Crippen molar-refractivity contribution >= 4 is 44.9 Å². The number of aromatic nitrogens is 4. The van der Waals surface area contributed by atoms with Crippen molar-refractivity contribution in [1.29, 1.82) is 0 Å². The number of amides is 1. The number of halogens is 1. The van der Waals surface area contributed by atoms with Crippen LogP contribution < -0.4 is 5.32 Å². The third-order valence-corrected chi connectivity index (χ3v) is 5.43. The molecule has 132 valence electrons. The lowest BCUT2D eigenvalue weighted by Gasteiger charge is -2.26. The quantitative estimate of drug-likeness (QED) is 0.645. The average Bonchev–Trinajstić information content (AvgIpc) is 3.25. The lowest BCUT2D eigenvalue weighted by Crippen LogP contribution is -2.36. The first kappa shape index (κ1) is 16.5. The number of fused-ring (bicyclic) bond motifs is 1. The van der Waals surface area contributed by atoms with Crippen LogP contribution in [0.1, 0.15) is 21.1 Å². The standard InChI is InChI=1S/C15H17ClN6O2S/c1-8-18-14-12(25-8)9(7-22-2-4-24-5-3-22)11(20-14)15(23)19-10-6-17-21-13(10)16/h6,20H,2-5,7H2,1H3,(H,17,21)(H,19,23). The summed E-state index contributed by atoms with van der Waals surface area (Å²) in [5.74, 6) is -0.255. The minimum absolute atomic E-state index is 0.255. The van der Waals surface area contributed by atoms with Crippen molar-refractivity contribution in [3.05, 3.63) is 27.6 Å². The van der Waals surface area contributed by atoms with Gasteiger partial charge in [0.1, 0.15) is 16.5 Å². The van der Waals surface area contributed by atoms with Gasteiger partial charge in [-0.15, -0.1) is 11.3 Å². The number of hydrogen-bond donors (Lipinski definition) is 3. The minimum Gasteiger partial charge on any atom is -0.379 e. The van der Waals surface area contributed by atoms with Crippen molar-refractivity contribution in [1.82, 2.24) is 25.1 Å². The molecule has 1 aliphatic heterocycles. The lowest BCUT2D eigenvalue weighted by molar-refractivity contribution is 0.0343. The Balaban J connectivity index is 1.67. The maximum Gasteiger partial charge on any atom is 0.272 e. The molecule has 0 aromatic carbocycles. The van der Waals surface area contributed by atoms with E-state index in [0.29, 0.717) is 36.3 Å². The summed E-state index contributed by atoms with van der Waals surface area (Å²) in [4.78, 5) is 22.7. The minimum atomic E-state index is -0.255. The van der Waals surface area contributed by atoms with Gasteiger partial charge in [0.15, 0.2) is 0 Å². The summed E-state index contributed by atoms with van der Waals surface area (Å²) in [6.45, 7) is 5.75. The van der Waals surface area contributed by atoms with Crippen LogP contribution in [0.4, 0.5) is 5.69 Å². The highest BCUT2D eigenvalue weighted by atomic mass is 35.5. The molecule has 4 heterocycles. The molecule has 1 saturated heterocycles. The molecular formula is C15H17ClN6O2S. The van der Waals surface area contributed by atoms with Gasteiger partial charge in [-0.1, -0.05) is 11.6 Å². The van der Waals surface area contributed by atoms with Crippen LogP contribution in [-0.4, -0.2) is 57.3 Å². The predicted molar refractivity (Wildman–Crippen MR) is 96.4 cm³/mol. The van der Waals surface area contributed by atoms with Gasteiger partial charge in [0.25, 0.3) is 5.91 Å². The first-order valence-corrected chi connectivity index (χ1v) is 9.09. The number of anilines is 1. The van der Waals surface area contributed by atoms with Crippen molar-refractivity contribution in [3.8, 4) is 0 Å². The predicted octanol–water partition coefficient (Wildman–Crippen LogP) is 2.39. The normalized spacial score (nSPS) is 15.8. The molecule has 0 radical (unpaired) electrons. The zero-order chi connectivity index (χ0) is 17.4. The maximum absolute atomic E-state index is 12.8. The van der Waals surface area contributed by atoms with E-state index in [4.69, 9.17) is 16.3 Å². The number of aryl methyl sites for hydroxylation is 1. The number of morpholine rings is 1. The highest BCUT2D eigenvalue weighted by molar-refractivity contribution is 7.18. The molecule has 3 N–H and O–H groups in total. The molecule has 3 aromatic heterocycles. The number of hydrogen-bond acceptors (Lipinski definition) is 6. The molecule has 3 aromatic rings. The van der Waals surface area contributed by atoms with Gasteiger partial charge >= 0.3 is 0 Å².